The van der Waals surface area contributed by atoms with Crippen LogP contribution < -0.4 is 4.74 Å². The summed E-state index contributed by atoms with van der Waals surface area (Å²) in [6.45, 7) is 8.45. The van der Waals surface area contributed by atoms with E-state index in [9.17, 15) is 0 Å². The van der Waals surface area contributed by atoms with E-state index in [1.165, 1.54) is 55.2 Å². The minimum atomic E-state index is -0.0509. The first-order chi connectivity index (χ1) is 18.0. The number of aromatic amines is 1. The van der Waals surface area contributed by atoms with E-state index in [0.717, 1.165) is 36.9 Å². The monoisotopic (exact) mass is 506 g/mol. The third-order valence-electron chi connectivity index (χ3n) is 7.50. The number of hydrogen-bond donors (Lipinski definition) is 2. The van der Waals surface area contributed by atoms with E-state index in [1.807, 2.05) is 6.20 Å². The van der Waals surface area contributed by atoms with Gasteiger partial charge in [-0.1, -0.05) is 74.9 Å². The van der Waals surface area contributed by atoms with Gasteiger partial charge in [-0.2, -0.15) is 0 Å². The van der Waals surface area contributed by atoms with E-state index in [0.29, 0.717) is 13.2 Å². The molecule has 202 valence electrons. The Morgan fingerprint density at radius 3 is 2.32 bits per heavy atom. The lowest BCUT2D eigenvalue weighted by molar-refractivity contribution is -0.0397. The Hall–Kier alpha value is -2.34. The molecule has 4 rings (SSSR count). The Labute approximate surface area is 223 Å². The molecule has 2 aromatic carbocycles. The van der Waals surface area contributed by atoms with Gasteiger partial charge in [0.25, 0.3) is 0 Å². The number of unbranched alkanes of at least 4 members (excludes halogenated alkanes) is 7. The van der Waals surface area contributed by atoms with Crippen molar-refractivity contribution in [2.24, 2.45) is 0 Å². The summed E-state index contributed by atoms with van der Waals surface area (Å²) in [6, 6.07) is 17.0. The number of nitrogens with one attached hydrogen (secondary N) is 1. The predicted octanol–water partition coefficient (Wildman–Crippen LogP) is 7.40. The molecule has 5 heteroatoms. The van der Waals surface area contributed by atoms with E-state index < -0.39 is 0 Å². The van der Waals surface area contributed by atoms with Gasteiger partial charge in [0.1, 0.15) is 24.7 Å². The molecule has 2 heterocycles. The van der Waals surface area contributed by atoms with Gasteiger partial charge in [0.15, 0.2) is 0 Å². The Bertz CT molecular complexity index is 1070. The van der Waals surface area contributed by atoms with Crippen molar-refractivity contribution in [2.45, 2.75) is 96.4 Å². The summed E-state index contributed by atoms with van der Waals surface area (Å²) in [5.74, 6) is 0.928. The second kappa shape index (κ2) is 13.5. The van der Waals surface area contributed by atoms with Crippen LogP contribution >= 0.6 is 0 Å². The van der Waals surface area contributed by atoms with Crippen LogP contribution in [-0.2, 0) is 11.2 Å². The Morgan fingerprint density at radius 2 is 1.62 bits per heavy atom. The van der Waals surface area contributed by atoms with Crippen LogP contribution in [0.15, 0.2) is 54.7 Å². The zero-order chi connectivity index (χ0) is 26.1. The van der Waals surface area contributed by atoms with Crippen LogP contribution in [0, 0.1) is 0 Å². The molecular weight excluding hydrogens is 460 g/mol. The fourth-order valence-electron chi connectivity index (χ4n) is 5.40. The average Bonchev–Trinajstić information content (AvgIpc) is 3.56. The van der Waals surface area contributed by atoms with Crippen LogP contribution in [0.25, 0.3) is 10.9 Å². The van der Waals surface area contributed by atoms with Crippen LogP contribution in [0.3, 0.4) is 0 Å². The van der Waals surface area contributed by atoms with E-state index in [1.54, 1.807) is 0 Å². The largest absolute Gasteiger partial charge is 0.490 e. The minimum absolute atomic E-state index is 0.00468. The molecule has 1 saturated heterocycles. The molecule has 1 aromatic heterocycles. The van der Waals surface area contributed by atoms with Crippen molar-refractivity contribution in [2.75, 3.05) is 19.8 Å². The number of ether oxygens (including phenoxy) is 2. The highest BCUT2D eigenvalue weighted by Crippen LogP contribution is 2.36. The molecule has 2 N–H and O–H groups in total. The Kier molecular flexibility index (Phi) is 10.1. The fourth-order valence-corrected chi connectivity index (χ4v) is 5.40. The van der Waals surface area contributed by atoms with Crippen molar-refractivity contribution in [1.29, 1.82) is 0 Å². The number of aliphatic hydroxyl groups is 1. The molecule has 1 aliphatic rings. The maximum atomic E-state index is 8.87. The summed E-state index contributed by atoms with van der Waals surface area (Å²) < 4.78 is 12.9. The van der Waals surface area contributed by atoms with Crippen molar-refractivity contribution in [3.05, 3.63) is 65.9 Å². The number of benzene rings is 2. The topological polar surface area (TPSA) is 57.7 Å². The molecular formula is C32H46N2O3. The number of nitrogens with zero attached hydrogens (tertiary/aromatic N) is 1. The summed E-state index contributed by atoms with van der Waals surface area (Å²) in [4.78, 5) is 5.88. The van der Waals surface area contributed by atoms with Crippen LogP contribution in [-0.4, -0.2) is 46.4 Å². The number of rotatable bonds is 14. The highest BCUT2D eigenvalue weighted by atomic mass is 16.6. The first kappa shape index (κ1) is 27.7. The van der Waals surface area contributed by atoms with Crippen LogP contribution in [0.5, 0.6) is 5.75 Å². The quantitative estimate of drug-likeness (QED) is 0.224. The molecule has 3 aromatic rings. The number of H-pyrrole nitrogens is 1. The number of aromatic nitrogens is 1. The Balaban J connectivity index is 1.30. The lowest BCUT2D eigenvalue weighted by Gasteiger charge is -2.35. The second-order valence-electron chi connectivity index (χ2n) is 11.4. The molecule has 5 nitrogen and oxygen atoms in total. The van der Waals surface area contributed by atoms with Gasteiger partial charge in [-0.15, -0.1) is 0 Å². The van der Waals surface area contributed by atoms with Crippen molar-refractivity contribution in [3.8, 4) is 5.75 Å². The number of fused-ring (bicyclic) bond motifs is 1. The molecule has 0 bridgehead atoms. The van der Waals surface area contributed by atoms with Crippen LogP contribution in [0.1, 0.15) is 89.5 Å². The van der Waals surface area contributed by atoms with Crippen molar-refractivity contribution < 1.29 is 14.6 Å². The van der Waals surface area contributed by atoms with Crippen LogP contribution in [0.4, 0.5) is 0 Å². The molecule has 0 spiro atoms. The molecule has 0 aliphatic carbocycles. The van der Waals surface area contributed by atoms with Crippen molar-refractivity contribution >= 4 is 10.9 Å². The van der Waals surface area contributed by atoms with E-state index in [-0.39, 0.29) is 17.9 Å². The molecule has 0 amide bonds. The van der Waals surface area contributed by atoms with E-state index in [2.05, 4.69) is 79.2 Å². The third-order valence-corrected chi connectivity index (χ3v) is 7.50. The van der Waals surface area contributed by atoms with Gasteiger partial charge >= 0.3 is 0 Å². The first-order valence-corrected chi connectivity index (χ1v) is 14.3. The van der Waals surface area contributed by atoms with E-state index >= 15 is 0 Å². The maximum Gasteiger partial charge on any atom is 0.137 e. The molecule has 0 saturated carbocycles. The summed E-state index contributed by atoms with van der Waals surface area (Å²) in [6.07, 6.45) is 12.8. The van der Waals surface area contributed by atoms with Gasteiger partial charge in [0.2, 0.25) is 0 Å². The molecule has 1 unspecified atom stereocenters. The molecule has 37 heavy (non-hydrogen) atoms. The Morgan fingerprint density at radius 1 is 0.919 bits per heavy atom. The minimum Gasteiger partial charge on any atom is -0.490 e. The standard InChI is InChI=1S/C32H46N2O3/c1-32(2,3)34-23-27(37-31(34)26-16-12-10-13-17-26)24-36-29-19-18-25(30-28(29)20-21-33-30)15-11-8-6-4-5-7-9-14-22-35/h10,12-13,16-21,27,31,33,35H,4-9,11,14-15,22-24H2,1-3H3/t27-,31?/m0/s1. The van der Waals surface area contributed by atoms with Gasteiger partial charge in [0, 0.05) is 30.3 Å². The molecule has 1 aliphatic heterocycles. The SMILES string of the molecule is CC(C)(C)N1C[C@@H](COc2ccc(CCCCCCCCCCO)c3[nH]ccc23)OC1c1ccccc1. The second-order valence-corrected chi connectivity index (χ2v) is 11.4. The summed E-state index contributed by atoms with van der Waals surface area (Å²) in [5, 5.41) is 10.0. The van der Waals surface area contributed by atoms with Gasteiger partial charge in [-0.05, 0) is 63.3 Å². The fraction of sp³-hybridized carbons (Fsp3) is 0.562. The molecule has 2 atom stereocenters. The normalized spacial score (nSPS) is 18.6. The summed E-state index contributed by atoms with van der Waals surface area (Å²) in [5.41, 5.74) is 3.77. The summed E-state index contributed by atoms with van der Waals surface area (Å²) >= 11 is 0. The van der Waals surface area contributed by atoms with Crippen molar-refractivity contribution in [3.63, 3.8) is 0 Å². The lowest BCUT2D eigenvalue weighted by atomic mass is 10.0. The molecule has 0 radical (unpaired) electrons. The predicted molar refractivity (Wildman–Crippen MR) is 152 cm³/mol. The zero-order valence-corrected chi connectivity index (χ0v) is 23.0. The van der Waals surface area contributed by atoms with Crippen molar-refractivity contribution in [1.82, 2.24) is 9.88 Å². The number of hydrogen-bond acceptors (Lipinski definition) is 4. The highest BCUT2D eigenvalue weighted by molar-refractivity contribution is 5.88. The van der Waals surface area contributed by atoms with Crippen LogP contribution in [0.2, 0.25) is 0 Å². The van der Waals surface area contributed by atoms with Gasteiger partial charge < -0.3 is 19.6 Å². The maximum absolute atomic E-state index is 8.87. The van der Waals surface area contributed by atoms with Gasteiger partial charge in [-0.3, -0.25) is 4.90 Å². The highest BCUT2D eigenvalue weighted by Gasteiger charge is 2.40. The van der Waals surface area contributed by atoms with Gasteiger partial charge in [-0.25, -0.2) is 0 Å². The average molecular weight is 507 g/mol. The first-order valence-electron chi connectivity index (χ1n) is 14.3. The van der Waals surface area contributed by atoms with E-state index in [4.69, 9.17) is 14.6 Å². The smallest absolute Gasteiger partial charge is 0.137 e. The van der Waals surface area contributed by atoms with Gasteiger partial charge in [0.05, 0.1) is 5.52 Å². The zero-order valence-electron chi connectivity index (χ0n) is 23.0. The number of aliphatic hydroxyl groups excluding tert-OH is 1. The molecule has 1 fully saturated rings. The number of aryl methyl sites for hydroxylation is 1. The summed E-state index contributed by atoms with van der Waals surface area (Å²) in [7, 11) is 0. The third kappa shape index (κ3) is 7.59. The lowest BCUT2D eigenvalue weighted by Crippen LogP contribution is -2.42.